The highest BCUT2D eigenvalue weighted by Gasteiger charge is 2.30. The maximum Gasteiger partial charge on any atom is 0.345 e. The number of methoxy groups -OCH3 is 2. The van der Waals surface area contributed by atoms with Gasteiger partial charge in [-0.15, -0.1) is 0 Å². The third-order valence-corrected chi connectivity index (χ3v) is 6.44. The van der Waals surface area contributed by atoms with Gasteiger partial charge in [0.25, 0.3) is 0 Å². The molecule has 158 valence electrons. The molecule has 0 radical (unpaired) electrons. The lowest BCUT2D eigenvalue weighted by atomic mass is 9.95. The number of hydrogen-bond donors (Lipinski definition) is 0. The van der Waals surface area contributed by atoms with Crippen LogP contribution in [0.3, 0.4) is 0 Å². The second kappa shape index (κ2) is 8.61. The van der Waals surface area contributed by atoms with E-state index in [9.17, 15) is 4.79 Å². The normalized spacial score (nSPS) is 19.0. The lowest BCUT2D eigenvalue weighted by Crippen LogP contribution is -2.34. The molecule has 1 aromatic heterocycles. The van der Waals surface area contributed by atoms with Gasteiger partial charge in [0.1, 0.15) is 17.3 Å². The van der Waals surface area contributed by atoms with Crippen molar-refractivity contribution in [2.45, 2.75) is 57.0 Å². The van der Waals surface area contributed by atoms with E-state index in [1.54, 1.807) is 21.3 Å². The molecule has 2 heterocycles. The van der Waals surface area contributed by atoms with E-state index in [2.05, 4.69) is 22.1 Å². The van der Waals surface area contributed by atoms with Crippen molar-refractivity contribution in [3.05, 3.63) is 40.1 Å². The number of ether oxygens (including phenoxy) is 2. The van der Waals surface area contributed by atoms with Crippen LogP contribution in [0.2, 0.25) is 0 Å². The Hall–Kier alpha value is -2.28. The van der Waals surface area contributed by atoms with Gasteiger partial charge in [0.15, 0.2) is 0 Å². The van der Waals surface area contributed by atoms with Crippen LogP contribution in [-0.4, -0.2) is 46.6 Å². The zero-order valence-corrected chi connectivity index (χ0v) is 17.8. The van der Waals surface area contributed by atoms with Crippen LogP contribution >= 0.6 is 0 Å². The molecule has 0 bridgehead atoms. The molecule has 0 N–H and O–H groups in total. The van der Waals surface area contributed by atoms with Crippen LogP contribution in [0.4, 0.5) is 0 Å². The number of piperidine rings is 1. The summed E-state index contributed by atoms with van der Waals surface area (Å²) in [7, 11) is 5.14. The monoisotopic (exact) mass is 400 g/mol. The molecular formula is C22H32N4O3. The number of aromatic nitrogens is 3. The third kappa shape index (κ3) is 4.20. The lowest BCUT2D eigenvalue weighted by molar-refractivity contribution is 0.198. The van der Waals surface area contributed by atoms with Crippen molar-refractivity contribution in [3.63, 3.8) is 0 Å². The fourth-order valence-corrected chi connectivity index (χ4v) is 4.85. The maximum absolute atomic E-state index is 12.7. The Kier molecular flexibility index (Phi) is 5.94. The SMILES string of the molecule is COc1cc(CN2CCC(c3nn(C)c(=O)n3C3CCCC3)CC2)cc(OC)c1. The van der Waals surface area contributed by atoms with Crippen molar-refractivity contribution in [1.82, 2.24) is 19.2 Å². The number of likely N-dealkylation sites (tertiary alicyclic amines) is 1. The summed E-state index contributed by atoms with van der Waals surface area (Å²) >= 11 is 0. The van der Waals surface area contributed by atoms with E-state index in [1.807, 2.05) is 10.6 Å². The van der Waals surface area contributed by atoms with Gasteiger partial charge in [-0.3, -0.25) is 9.47 Å². The molecule has 7 nitrogen and oxygen atoms in total. The van der Waals surface area contributed by atoms with Gasteiger partial charge >= 0.3 is 5.69 Å². The molecule has 1 aliphatic carbocycles. The van der Waals surface area contributed by atoms with Gasteiger partial charge in [-0.05, 0) is 56.5 Å². The molecule has 1 aromatic carbocycles. The van der Waals surface area contributed by atoms with Crippen molar-refractivity contribution >= 4 is 0 Å². The Bertz CT molecular complexity index is 868. The maximum atomic E-state index is 12.7. The third-order valence-electron chi connectivity index (χ3n) is 6.44. The van der Waals surface area contributed by atoms with Gasteiger partial charge in [0.2, 0.25) is 0 Å². The number of rotatable bonds is 6. The first kappa shape index (κ1) is 20.0. The Morgan fingerprint density at radius 3 is 2.21 bits per heavy atom. The summed E-state index contributed by atoms with van der Waals surface area (Å²) in [6.45, 7) is 2.87. The molecule has 0 atom stereocenters. The molecule has 29 heavy (non-hydrogen) atoms. The van der Waals surface area contributed by atoms with Gasteiger partial charge in [0, 0.05) is 31.6 Å². The summed E-state index contributed by atoms with van der Waals surface area (Å²) in [5, 5.41) is 4.65. The number of nitrogens with zero attached hydrogens (tertiary/aromatic N) is 4. The predicted molar refractivity (Wildman–Crippen MR) is 112 cm³/mol. The average molecular weight is 401 g/mol. The van der Waals surface area contributed by atoms with E-state index < -0.39 is 0 Å². The van der Waals surface area contributed by atoms with E-state index in [4.69, 9.17) is 9.47 Å². The van der Waals surface area contributed by atoms with Gasteiger partial charge in [-0.1, -0.05) is 12.8 Å². The molecular weight excluding hydrogens is 368 g/mol. The summed E-state index contributed by atoms with van der Waals surface area (Å²) in [6, 6.07) is 6.39. The van der Waals surface area contributed by atoms with E-state index >= 15 is 0 Å². The first-order valence-corrected chi connectivity index (χ1v) is 10.7. The van der Waals surface area contributed by atoms with Gasteiger partial charge in [0.05, 0.1) is 14.2 Å². The minimum atomic E-state index is 0.0535. The zero-order chi connectivity index (χ0) is 20.4. The van der Waals surface area contributed by atoms with Crippen molar-refractivity contribution in [2.75, 3.05) is 27.3 Å². The smallest absolute Gasteiger partial charge is 0.345 e. The van der Waals surface area contributed by atoms with Crippen molar-refractivity contribution in [1.29, 1.82) is 0 Å². The largest absolute Gasteiger partial charge is 0.497 e. The minimum Gasteiger partial charge on any atom is -0.497 e. The van der Waals surface area contributed by atoms with E-state index in [0.29, 0.717) is 12.0 Å². The predicted octanol–water partition coefficient (Wildman–Crippen LogP) is 3.09. The van der Waals surface area contributed by atoms with Crippen molar-refractivity contribution < 1.29 is 9.47 Å². The number of benzene rings is 1. The van der Waals surface area contributed by atoms with Crippen molar-refractivity contribution in [3.8, 4) is 11.5 Å². The average Bonchev–Trinajstić information content (AvgIpc) is 3.36. The fourth-order valence-electron chi connectivity index (χ4n) is 4.85. The van der Waals surface area contributed by atoms with Gasteiger partial charge < -0.3 is 9.47 Å². The van der Waals surface area contributed by atoms with Crippen LogP contribution in [0.1, 0.15) is 61.9 Å². The molecule has 7 heteroatoms. The molecule has 1 saturated carbocycles. The van der Waals surface area contributed by atoms with Crippen LogP contribution < -0.4 is 15.2 Å². The number of hydrogen-bond acceptors (Lipinski definition) is 5. The Balaban J connectivity index is 1.44. The first-order chi connectivity index (χ1) is 14.1. The Morgan fingerprint density at radius 2 is 1.62 bits per heavy atom. The topological polar surface area (TPSA) is 61.5 Å². The highest BCUT2D eigenvalue weighted by atomic mass is 16.5. The first-order valence-electron chi connectivity index (χ1n) is 10.7. The zero-order valence-electron chi connectivity index (χ0n) is 17.8. The highest BCUT2D eigenvalue weighted by Crippen LogP contribution is 2.34. The fraction of sp³-hybridized carbons (Fsp3) is 0.636. The molecule has 2 fully saturated rings. The molecule has 4 rings (SSSR count). The molecule has 2 aromatic rings. The van der Waals surface area contributed by atoms with Crippen LogP contribution in [-0.2, 0) is 13.6 Å². The summed E-state index contributed by atoms with van der Waals surface area (Å²) in [4.78, 5) is 15.1. The lowest BCUT2D eigenvalue weighted by Gasteiger charge is -2.32. The minimum absolute atomic E-state index is 0.0535. The molecule has 2 aliphatic rings. The molecule has 0 spiro atoms. The summed E-state index contributed by atoms with van der Waals surface area (Å²) in [5.74, 6) is 3.01. The van der Waals surface area contributed by atoms with Crippen LogP contribution in [0.5, 0.6) is 11.5 Å². The Labute approximate surface area is 172 Å². The van der Waals surface area contributed by atoms with E-state index in [1.165, 1.54) is 23.1 Å². The van der Waals surface area contributed by atoms with E-state index in [0.717, 1.165) is 62.6 Å². The van der Waals surface area contributed by atoms with Crippen LogP contribution in [0, 0.1) is 0 Å². The molecule has 1 saturated heterocycles. The van der Waals surface area contributed by atoms with Crippen LogP contribution in [0.15, 0.2) is 23.0 Å². The summed E-state index contributed by atoms with van der Waals surface area (Å²) < 4.78 is 14.3. The Morgan fingerprint density at radius 1 is 1.00 bits per heavy atom. The van der Waals surface area contributed by atoms with Gasteiger partial charge in [-0.2, -0.15) is 5.10 Å². The number of aryl methyl sites for hydroxylation is 1. The standard InChI is InChI=1S/C22H32N4O3/c1-24-22(27)26(18-6-4-5-7-18)21(23-24)17-8-10-25(11-9-17)15-16-12-19(28-2)14-20(13-16)29-3/h12-14,17-18H,4-11,15H2,1-3H3. The van der Waals surface area contributed by atoms with Crippen LogP contribution in [0.25, 0.3) is 0 Å². The summed E-state index contributed by atoms with van der Waals surface area (Å²) in [6.07, 6.45) is 6.71. The second-order valence-corrected chi connectivity index (χ2v) is 8.34. The molecule has 0 unspecified atom stereocenters. The summed E-state index contributed by atoms with van der Waals surface area (Å²) in [5.41, 5.74) is 1.25. The quantitative estimate of drug-likeness (QED) is 0.746. The highest BCUT2D eigenvalue weighted by molar-refractivity contribution is 5.38. The molecule has 1 aliphatic heterocycles. The van der Waals surface area contributed by atoms with Crippen molar-refractivity contribution in [2.24, 2.45) is 7.05 Å². The van der Waals surface area contributed by atoms with E-state index in [-0.39, 0.29) is 5.69 Å². The molecule has 0 amide bonds. The second-order valence-electron chi connectivity index (χ2n) is 8.34. The van der Waals surface area contributed by atoms with Gasteiger partial charge in [-0.25, -0.2) is 9.48 Å².